The van der Waals surface area contributed by atoms with Crippen LogP contribution in [-0.4, -0.2) is 28.0 Å². The van der Waals surface area contributed by atoms with E-state index < -0.39 is 0 Å². The Morgan fingerprint density at radius 2 is 2.17 bits per heavy atom. The molecule has 1 saturated heterocycles. The SMILES string of the molecule is Nc1cc(CN2CCCC(c3nc4c(s3)CCCC4)C2)ccn1. The minimum absolute atomic E-state index is 0.610. The zero-order chi connectivity index (χ0) is 15.6. The van der Waals surface area contributed by atoms with Crippen LogP contribution in [0.15, 0.2) is 18.3 Å². The standard InChI is InChI=1S/C18H24N4S/c19-17-10-13(7-8-20-17)11-22-9-3-4-14(12-22)18-21-15-5-1-2-6-16(15)23-18/h7-8,10,14H,1-6,9,11-12H2,(H2,19,20). The number of rotatable bonds is 3. The van der Waals surface area contributed by atoms with Gasteiger partial charge in [-0.15, -0.1) is 11.3 Å². The number of anilines is 1. The van der Waals surface area contributed by atoms with E-state index in [1.54, 1.807) is 11.1 Å². The summed E-state index contributed by atoms with van der Waals surface area (Å²) in [6.45, 7) is 3.26. The molecule has 2 aliphatic rings. The van der Waals surface area contributed by atoms with E-state index in [1.165, 1.54) is 61.3 Å². The highest BCUT2D eigenvalue weighted by atomic mass is 32.1. The average Bonchev–Trinajstić information content (AvgIpc) is 2.99. The van der Waals surface area contributed by atoms with Crippen LogP contribution in [0, 0.1) is 0 Å². The maximum absolute atomic E-state index is 5.80. The summed E-state index contributed by atoms with van der Waals surface area (Å²) in [4.78, 5) is 13.2. The second-order valence-corrected chi connectivity index (χ2v) is 7.91. The molecule has 1 aliphatic heterocycles. The predicted molar refractivity (Wildman–Crippen MR) is 94.7 cm³/mol. The number of fused-ring (bicyclic) bond motifs is 1. The first-order valence-electron chi connectivity index (χ1n) is 8.69. The van der Waals surface area contributed by atoms with Crippen molar-refractivity contribution in [2.75, 3.05) is 18.8 Å². The van der Waals surface area contributed by atoms with Crippen LogP contribution in [0.2, 0.25) is 0 Å². The summed E-state index contributed by atoms with van der Waals surface area (Å²) < 4.78 is 0. The van der Waals surface area contributed by atoms with Gasteiger partial charge in [-0.2, -0.15) is 0 Å². The molecule has 1 atom stereocenters. The number of aromatic nitrogens is 2. The van der Waals surface area contributed by atoms with Gasteiger partial charge in [0.25, 0.3) is 0 Å². The van der Waals surface area contributed by atoms with Crippen molar-refractivity contribution in [1.82, 2.24) is 14.9 Å². The van der Waals surface area contributed by atoms with Crippen molar-refractivity contribution in [2.45, 2.75) is 51.0 Å². The van der Waals surface area contributed by atoms with Crippen LogP contribution in [0.1, 0.15) is 52.7 Å². The quantitative estimate of drug-likeness (QED) is 0.938. The molecule has 1 aliphatic carbocycles. The second kappa shape index (κ2) is 6.57. The van der Waals surface area contributed by atoms with Gasteiger partial charge in [0, 0.05) is 30.1 Å². The zero-order valence-electron chi connectivity index (χ0n) is 13.5. The molecule has 1 fully saturated rings. The van der Waals surface area contributed by atoms with Crippen LogP contribution < -0.4 is 5.73 Å². The average molecular weight is 328 g/mol. The van der Waals surface area contributed by atoms with Crippen molar-refractivity contribution in [2.24, 2.45) is 0 Å². The van der Waals surface area contributed by atoms with Crippen LogP contribution in [0.4, 0.5) is 5.82 Å². The van der Waals surface area contributed by atoms with Gasteiger partial charge in [0.2, 0.25) is 0 Å². The molecular weight excluding hydrogens is 304 g/mol. The molecular formula is C18H24N4S. The summed E-state index contributed by atoms with van der Waals surface area (Å²) in [5.41, 5.74) is 8.46. The predicted octanol–water partition coefficient (Wildman–Crippen LogP) is 3.38. The van der Waals surface area contributed by atoms with Crippen LogP contribution in [0.3, 0.4) is 0 Å². The van der Waals surface area contributed by atoms with Gasteiger partial charge in [-0.05, 0) is 62.8 Å². The molecule has 0 spiro atoms. The van der Waals surface area contributed by atoms with E-state index in [2.05, 4.69) is 16.0 Å². The van der Waals surface area contributed by atoms with Crippen molar-refractivity contribution < 1.29 is 0 Å². The maximum atomic E-state index is 5.80. The number of likely N-dealkylation sites (tertiary alicyclic amines) is 1. The Balaban J connectivity index is 1.45. The highest BCUT2D eigenvalue weighted by Crippen LogP contribution is 2.34. The molecule has 122 valence electrons. The number of hydrogen-bond acceptors (Lipinski definition) is 5. The number of pyridine rings is 1. The summed E-state index contributed by atoms with van der Waals surface area (Å²) in [5.74, 6) is 1.22. The third-order valence-corrected chi connectivity index (χ3v) is 6.29. The zero-order valence-corrected chi connectivity index (χ0v) is 14.3. The number of thiazole rings is 1. The van der Waals surface area contributed by atoms with Gasteiger partial charge in [-0.1, -0.05) is 0 Å². The maximum Gasteiger partial charge on any atom is 0.123 e. The molecule has 0 saturated carbocycles. The lowest BCUT2D eigenvalue weighted by Gasteiger charge is -2.31. The molecule has 2 aromatic rings. The second-order valence-electron chi connectivity index (χ2n) is 6.79. The van der Waals surface area contributed by atoms with Gasteiger partial charge < -0.3 is 5.73 Å². The van der Waals surface area contributed by atoms with E-state index in [1.807, 2.05) is 17.4 Å². The Morgan fingerprint density at radius 3 is 3.04 bits per heavy atom. The Bertz CT molecular complexity index is 658. The van der Waals surface area contributed by atoms with Crippen molar-refractivity contribution in [3.05, 3.63) is 39.5 Å². The number of nitrogens with zero attached hydrogens (tertiary/aromatic N) is 3. The molecule has 0 bridgehead atoms. The van der Waals surface area contributed by atoms with E-state index in [9.17, 15) is 0 Å². The van der Waals surface area contributed by atoms with E-state index in [0.29, 0.717) is 11.7 Å². The van der Waals surface area contributed by atoms with Crippen LogP contribution in [-0.2, 0) is 19.4 Å². The molecule has 0 aromatic carbocycles. The monoisotopic (exact) mass is 328 g/mol. The van der Waals surface area contributed by atoms with Gasteiger partial charge in [-0.25, -0.2) is 9.97 Å². The van der Waals surface area contributed by atoms with E-state index in [-0.39, 0.29) is 0 Å². The third-order valence-electron chi connectivity index (χ3n) is 4.97. The Morgan fingerprint density at radius 1 is 1.26 bits per heavy atom. The summed E-state index contributed by atoms with van der Waals surface area (Å²) in [6.07, 6.45) is 9.45. The summed E-state index contributed by atoms with van der Waals surface area (Å²) >= 11 is 1.98. The summed E-state index contributed by atoms with van der Waals surface area (Å²) in [5, 5.41) is 1.39. The number of hydrogen-bond donors (Lipinski definition) is 1. The first-order valence-corrected chi connectivity index (χ1v) is 9.51. The Hall–Kier alpha value is -1.46. The number of nitrogens with two attached hydrogens (primary N) is 1. The number of nitrogen functional groups attached to an aromatic ring is 1. The summed E-state index contributed by atoms with van der Waals surface area (Å²) in [7, 11) is 0. The molecule has 3 heterocycles. The normalized spacial score (nSPS) is 22.0. The minimum atomic E-state index is 0.610. The molecule has 5 heteroatoms. The van der Waals surface area contributed by atoms with Crippen molar-refractivity contribution in [3.8, 4) is 0 Å². The van der Waals surface area contributed by atoms with Crippen LogP contribution in [0.5, 0.6) is 0 Å². The number of aryl methyl sites for hydroxylation is 2. The van der Waals surface area contributed by atoms with Gasteiger partial charge in [0.1, 0.15) is 5.82 Å². The van der Waals surface area contributed by atoms with E-state index in [4.69, 9.17) is 10.7 Å². The van der Waals surface area contributed by atoms with Crippen LogP contribution >= 0.6 is 11.3 Å². The lowest BCUT2D eigenvalue weighted by molar-refractivity contribution is 0.200. The van der Waals surface area contributed by atoms with Gasteiger partial charge in [-0.3, -0.25) is 4.90 Å². The first-order chi connectivity index (χ1) is 11.3. The fourth-order valence-corrected chi connectivity index (χ4v) is 5.08. The van der Waals surface area contributed by atoms with Crippen molar-refractivity contribution in [1.29, 1.82) is 0 Å². The van der Waals surface area contributed by atoms with E-state index >= 15 is 0 Å². The van der Waals surface area contributed by atoms with Gasteiger partial charge in [0.15, 0.2) is 0 Å². The molecule has 1 unspecified atom stereocenters. The molecule has 0 amide bonds. The lowest BCUT2D eigenvalue weighted by Crippen LogP contribution is -2.33. The fraction of sp³-hybridized carbons (Fsp3) is 0.556. The first kappa shape index (κ1) is 15.1. The van der Waals surface area contributed by atoms with Crippen molar-refractivity contribution in [3.63, 3.8) is 0 Å². The molecule has 2 N–H and O–H groups in total. The van der Waals surface area contributed by atoms with Gasteiger partial charge in [0.05, 0.1) is 10.7 Å². The highest BCUT2D eigenvalue weighted by molar-refractivity contribution is 7.11. The molecule has 4 nitrogen and oxygen atoms in total. The highest BCUT2D eigenvalue weighted by Gasteiger charge is 2.26. The molecule has 23 heavy (non-hydrogen) atoms. The number of piperidine rings is 1. The summed E-state index contributed by atoms with van der Waals surface area (Å²) in [6, 6.07) is 4.06. The van der Waals surface area contributed by atoms with E-state index in [0.717, 1.165) is 13.1 Å². The lowest BCUT2D eigenvalue weighted by atomic mass is 9.98. The Kier molecular flexibility index (Phi) is 4.31. The minimum Gasteiger partial charge on any atom is -0.384 e. The van der Waals surface area contributed by atoms with Gasteiger partial charge >= 0.3 is 0 Å². The molecule has 4 rings (SSSR count). The Labute approximate surface area is 141 Å². The molecule has 2 aromatic heterocycles. The fourth-order valence-electron chi connectivity index (χ4n) is 3.80. The van der Waals surface area contributed by atoms with Crippen LogP contribution in [0.25, 0.3) is 0 Å². The topological polar surface area (TPSA) is 55.0 Å². The molecule has 0 radical (unpaired) electrons. The smallest absolute Gasteiger partial charge is 0.123 e. The third kappa shape index (κ3) is 3.40. The van der Waals surface area contributed by atoms with Crippen molar-refractivity contribution >= 4 is 17.2 Å². The largest absolute Gasteiger partial charge is 0.384 e.